The number of hydrogen-bond acceptors (Lipinski definition) is 5. The fraction of sp³-hybridized carbons (Fsp3) is 0.167. The summed E-state index contributed by atoms with van der Waals surface area (Å²) in [5.41, 5.74) is 0.120. The van der Waals surface area contributed by atoms with Crippen LogP contribution in [-0.4, -0.2) is 38.0 Å². The van der Waals surface area contributed by atoms with Gasteiger partial charge in [0.15, 0.2) is 6.61 Å². The number of amides is 2. The van der Waals surface area contributed by atoms with E-state index in [1.54, 1.807) is 12.1 Å². The van der Waals surface area contributed by atoms with Crippen LogP contribution in [0.4, 0.5) is 10.1 Å². The molecule has 0 saturated heterocycles. The van der Waals surface area contributed by atoms with Gasteiger partial charge in [0.25, 0.3) is 11.8 Å². The van der Waals surface area contributed by atoms with E-state index in [9.17, 15) is 18.8 Å². The summed E-state index contributed by atoms with van der Waals surface area (Å²) in [6.07, 6.45) is 0. The van der Waals surface area contributed by atoms with Gasteiger partial charge in [0, 0.05) is 5.02 Å². The van der Waals surface area contributed by atoms with Gasteiger partial charge in [-0.05, 0) is 30.3 Å². The summed E-state index contributed by atoms with van der Waals surface area (Å²) in [5.74, 6) is -2.56. The van der Waals surface area contributed by atoms with Crippen molar-refractivity contribution in [1.29, 1.82) is 0 Å². The maximum absolute atomic E-state index is 13.5. The quantitative estimate of drug-likeness (QED) is 0.703. The molecule has 2 aromatic carbocycles. The minimum absolute atomic E-state index is 0.198. The number of nitrogens with one attached hydrogen (secondary N) is 2. The van der Waals surface area contributed by atoms with Crippen LogP contribution in [0.25, 0.3) is 0 Å². The van der Waals surface area contributed by atoms with Gasteiger partial charge in [-0.1, -0.05) is 23.7 Å². The van der Waals surface area contributed by atoms with Crippen LogP contribution in [0.15, 0.2) is 42.5 Å². The maximum atomic E-state index is 13.5. The van der Waals surface area contributed by atoms with Crippen LogP contribution in [0.2, 0.25) is 5.02 Å². The fourth-order valence-corrected chi connectivity index (χ4v) is 2.23. The molecule has 0 radical (unpaired) electrons. The van der Waals surface area contributed by atoms with Crippen LogP contribution >= 0.6 is 11.6 Å². The van der Waals surface area contributed by atoms with Gasteiger partial charge in [-0.3, -0.25) is 14.4 Å². The molecule has 7 nitrogen and oxygen atoms in total. The topological polar surface area (TPSA) is 93.7 Å². The number of esters is 1. The largest absolute Gasteiger partial charge is 0.495 e. The average Bonchev–Trinajstić information content (AvgIpc) is 2.65. The van der Waals surface area contributed by atoms with Crippen LogP contribution < -0.4 is 15.4 Å². The SMILES string of the molecule is COc1ccc(Cl)cc1NC(=O)COC(=O)CNC(=O)c1ccccc1F. The molecule has 0 aliphatic heterocycles. The molecule has 0 spiro atoms. The molecule has 2 rings (SSSR count). The van der Waals surface area contributed by atoms with Gasteiger partial charge < -0.3 is 20.1 Å². The van der Waals surface area contributed by atoms with Crippen LogP contribution in [0, 0.1) is 5.82 Å². The Bertz CT molecular complexity index is 859. The Balaban J connectivity index is 1.80. The highest BCUT2D eigenvalue weighted by Gasteiger charge is 2.14. The minimum Gasteiger partial charge on any atom is -0.495 e. The number of carbonyl (C=O) groups excluding carboxylic acids is 3. The lowest BCUT2D eigenvalue weighted by Gasteiger charge is -2.11. The van der Waals surface area contributed by atoms with E-state index >= 15 is 0 Å². The van der Waals surface area contributed by atoms with Gasteiger partial charge in [-0.15, -0.1) is 0 Å². The number of hydrogen-bond donors (Lipinski definition) is 2. The molecule has 9 heteroatoms. The zero-order valence-corrected chi connectivity index (χ0v) is 15.0. The Morgan fingerprint density at radius 3 is 2.59 bits per heavy atom. The molecule has 0 unspecified atom stereocenters. The lowest BCUT2D eigenvalue weighted by Crippen LogP contribution is -2.32. The molecule has 0 bridgehead atoms. The number of methoxy groups -OCH3 is 1. The van der Waals surface area contributed by atoms with E-state index in [1.165, 1.54) is 31.4 Å². The summed E-state index contributed by atoms with van der Waals surface area (Å²) in [4.78, 5) is 35.3. The van der Waals surface area contributed by atoms with Gasteiger partial charge in [-0.25, -0.2) is 4.39 Å². The molecule has 2 aromatic rings. The van der Waals surface area contributed by atoms with E-state index in [0.29, 0.717) is 16.5 Å². The highest BCUT2D eigenvalue weighted by atomic mass is 35.5. The monoisotopic (exact) mass is 394 g/mol. The fourth-order valence-electron chi connectivity index (χ4n) is 2.05. The standard InChI is InChI=1S/C18H16ClFN2O5/c1-26-15-7-6-11(19)8-14(15)22-16(23)10-27-17(24)9-21-18(25)12-4-2-3-5-13(12)20/h2-8H,9-10H2,1H3,(H,21,25)(H,22,23). The molecule has 2 amide bonds. The van der Waals surface area contributed by atoms with E-state index in [0.717, 1.165) is 6.07 Å². The van der Waals surface area contributed by atoms with Crippen molar-refractivity contribution in [2.75, 3.05) is 25.6 Å². The Hall–Kier alpha value is -3.13. The molecule has 27 heavy (non-hydrogen) atoms. The van der Waals surface area contributed by atoms with Crippen LogP contribution in [0.1, 0.15) is 10.4 Å². The first-order valence-corrected chi connectivity index (χ1v) is 8.10. The van der Waals surface area contributed by atoms with Gasteiger partial charge in [0.05, 0.1) is 18.4 Å². The molecule has 142 valence electrons. The predicted molar refractivity (Wildman–Crippen MR) is 96.3 cm³/mol. The van der Waals surface area contributed by atoms with E-state index in [4.69, 9.17) is 21.1 Å². The summed E-state index contributed by atoms with van der Waals surface area (Å²) >= 11 is 5.86. The predicted octanol–water partition coefficient (Wildman–Crippen LogP) is 2.40. The number of ether oxygens (including phenoxy) is 2. The summed E-state index contributed by atoms with van der Waals surface area (Å²) in [6.45, 7) is -1.09. The molecule has 2 N–H and O–H groups in total. The molecule has 0 aliphatic rings. The molecular weight excluding hydrogens is 379 g/mol. The maximum Gasteiger partial charge on any atom is 0.325 e. The summed E-state index contributed by atoms with van der Waals surface area (Å²) in [7, 11) is 1.43. The van der Waals surface area contributed by atoms with Crippen molar-refractivity contribution in [3.63, 3.8) is 0 Å². The summed E-state index contributed by atoms with van der Waals surface area (Å²) in [6, 6.07) is 9.98. The zero-order valence-electron chi connectivity index (χ0n) is 14.3. The molecule has 0 atom stereocenters. The first-order chi connectivity index (χ1) is 12.9. The van der Waals surface area contributed by atoms with Crippen molar-refractivity contribution < 1.29 is 28.2 Å². The average molecular weight is 395 g/mol. The number of carbonyl (C=O) groups is 3. The molecular formula is C18H16ClFN2O5. The van der Waals surface area contributed by atoms with Crippen LogP contribution in [0.3, 0.4) is 0 Å². The van der Waals surface area contributed by atoms with E-state index in [2.05, 4.69) is 10.6 Å². The van der Waals surface area contributed by atoms with E-state index in [1.807, 2.05) is 0 Å². The smallest absolute Gasteiger partial charge is 0.325 e. The zero-order chi connectivity index (χ0) is 19.8. The second kappa shape index (κ2) is 9.54. The number of rotatable bonds is 7. The Labute approximate surface area is 159 Å². The molecule has 0 aliphatic carbocycles. The third-order valence-corrected chi connectivity index (χ3v) is 3.55. The first-order valence-electron chi connectivity index (χ1n) is 7.72. The van der Waals surface area contributed by atoms with Crippen molar-refractivity contribution in [2.24, 2.45) is 0 Å². The summed E-state index contributed by atoms with van der Waals surface area (Å²) < 4.78 is 23.3. The van der Waals surface area contributed by atoms with Gasteiger partial charge in [-0.2, -0.15) is 0 Å². The van der Waals surface area contributed by atoms with Gasteiger partial charge >= 0.3 is 5.97 Å². The summed E-state index contributed by atoms with van der Waals surface area (Å²) in [5, 5.41) is 5.10. The van der Waals surface area contributed by atoms with Crippen molar-refractivity contribution in [3.05, 3.63) is 58.9 Å². The number of halogens is 2. The van der Waals surface area contributed by atoms with Crippen molar-refractivity contribution in [2.45, 2.75) is 0 Å². The molecule has 0 fully saturated rings. The highest BCUT2D eigenvalue weighted by Crippen LogP contribution is 2.27. The Morgan fingerprint density at radius 2 is 1.89 bits per heavy atom. The second-order valence-corrected chi connectivity index (χ2v) is 5.65. The van der Waals surface area contributed by atoms with Crippen molar-refractivity contribution in [1.82, 2.24) is 5.32 Å². The van der Waals surface area contributed by atoms with Crippen molar-refractivity contribution >= 4 is 35.1 Å². The van der Waals surface area contributed by atoms with E-state index in [-0.39, 0.29) is 5.56 Å². The first kappa shape index (κ1) is 20.2. The lowest BCUT2D eigenvalue weighted by molar-refractivity contribution is -0.146. The van der Waals surface area contributed by atoms with Crippen LogP contribution in [0.5, 0.6) is 5.75 Å². The molecule has 0 saturated carbocycles. The number of benzene rings is 2. The molecule has 0 aromatic heterocycles. The van der Waals surface area contributed by atoms with E-state index < -0.39 is 36.8 Å². The minimum atomic E-state index is -0.854. The lowest BCUT2D eigenvalue weighted by atomic mass is 10.2. The van der Waals surface area contributed by atoms with Crippen LogP contribution in [-0.2, 0) is 14.3 Å². The molecule has 0 heterocycles. The Morgan fingerprint density at radius 1 is 1.15 bits per heavy atom. The van der Waals surface area contributed by atoms with Crippen molar-refractivity contribution in [3.8, 4) is 5.75 Å². The second-order valence-electron chi connectivity index (χ2n) is 5.22. The van der Waals surface area contributed by atoms with Gasteiger partial charge in [0.2, 0.25) is 0 Å². The van der Waals surface area contributed by atoms with Gasteiger partial charge in [0.1, 0.15) is 18.1 Å². The normalized spacial score (nSPS) is 10.0. The highest BCUT2D eigenvalue weighted by molar-refractivity contribution is 6.31. The Kier molecular flexibility index (Phi) is 7.13. The number of anilines is 1. The third kappa shape index (κ3) is 5.96. The third-order valence-electron chi connectivity index (χ3n) is 3.31.